The first kappa shape index (κ1) is 12.6. The summed E-state index contributed by atoms with van der Waals surface area (Å²) in [5, 5.41) is 6.32. The normalized spacial score (nSPS) is 12.6. The zero-order chi connectivity index (χ0) is 12.3. The van der Waals surface area contributed by atoms with E-state index in [4.69, 9.17) is 11.6 Å². The largest absolute Gasteiger partial charge is 0.305 e. The van der Waals surface area contributed by atoms with Gasteiger partial charge in [-0.25, -0.2) is 0 Å². The zero-order valence-corrected chi connectivity index (χ0v) is 11.6. The Morgan fingerprint density at radius 3 is 2.76 bits per heavy atom. The molecule has 2 aromatic rings. The van der Waals surface area contributed by atoms with Crippen LogP contribution < -0.4 is 5.32 Å². The van der Waals surface area contributed by atoms with Gasteiger partial charge in [0.15, 0.2) is 0 Å². The molecule has 0 unspecified atom stereocenters. The van der Waals surface area contributed by atoms with Crippen LogP contribution in [0.1, 0.15) is 29.0 Å². The van der Waals surface area contributed by atoms with E-state index < -0.39 is 0 Å². The number of thiophene rings is 1. The molecule has 0 fully saturated rings. The van der Waals surface area contributed by atoms with Crippen molar-refractivity contribution in [3.63, 3.8) is 0 Å². The van der Waals surface area contributed by atoms with Gasteiger partial charge >= 0.3 is 0 Å². The second-order valence-corrected chi connectivity index (χ2v) is 5.62. The average molecular weight is 266 g/mol. The zero-order valence-electron chi connectivity index (χ0n) is 10.0. The molecule has 1 aromatic heterocycles. The van der Waals surface area contributed by atoms with E-state index >= 15 is 0 Å². The Balaban J connectivity index is 1.98. The van der Waals surface area contributed by atoms with Crippen LogP contribution in [0.15, 0.2) is 35.7 Å². The van der Waals surface area contributed by atoms with Crippen molar-refractivity contribution in [3.05, 3.63) is 56.7 Å². The Labute approximate surface area is 111 Å². The fourth-order valence-electron chi connectivity index (χ4n) is 1.88. The van der Waals surface area contributed by atoms with Crippen LogP contribution in [0.25, 0.3) is 0 Å². The van der Waals surface area contributed by atoms with Crippen molar-refractivity contribution in [2.45, 2.75) is 26.4 Å². The molecule has 0 aliphatic rings. The summed E-state index contributed by atoms with van der Waals surface area (Å²) < 4.78 is 0. The van der Waals surface area contributed by atoms with E-state index in [1.165, 1.54) is 16.0 Å². The number of nitrogens with one attached hydrogen (secondary N) is 1. The number of hydrogen-bond acceptors (Lipinski definition) is 2. The lowest BCUT2D eigenvalue weighted by atomic mass is 10.0. The molecular formula is C14H16ClNS. The molecule has 0 radical (unpaired) electrons. The van der Waals surface area contributed by atoms with Gasteiger partial charge in [0.05, 0.1) is 5.02 Å². The summed E-state index contributed by atoms with van der Waals surface area (Å²) in [6, 6.07) is 10.9. The summed E-state index contributed by atoms with van der Waals surface area (Å²) in [5.74, 6) is 0. The number of halogens is 1. The summed E-state index contributed by atoms with van der Waals surface area (Å²) in [6.07, 6.45) is 0. The second kappa shape index (κ2) is 5.67. The fraction of sp³-hybridized carbons (Fsp3) is 0.286. The summed E-state index contributed by atoms with van der Waals surface area (Å²) in [4.78, 5) is 1.27. The molecule has 1 heterocycles. The molecule has 2 rings (SSSR count). The standard InChI is InChI=1S/C14H16ClNS/c1-10-5-3-4-6-14(10)11(2)16-8-13-7-12(15)9-17-13/h3-7,9,11,16H,8H2,1-2H3/t11-/m0/s1. The molecule has 0 aliphatic heterocycles. The minimum Gasteiger partial charge on any atom is -0.305 e. The van der Waals surface area contributed by atoms with E-state index in [0.29, 0.717) is 6.04 Å². The van der Waals surface area contributed by atoms with E-state index in [1.54, 1.807) is 11.3 Å². The van der Waals surface area contributed by atoms with E-state index in [-0.39, 0.29) is 0 Å². The first-order valence-electron chi connectivity index (χ1n) is 5.68. The molecule has 90 valence electrons. The van der Waals surface area contributed by atoms with Gasteiger partial charge < -0.3 is 5.32 Å². The molecule has 1 nitrogen and oxygen atoms in total. The van der Waals surface area contributed by atoms with Crippen LogP contribution in [0.2, 0.25) is 5.02 Å². The molecule has 1 aromatic carbocycles. The third kappa shape index (κ3) is 3.32. The first-order valence-corrected chi connectivity index (χ1v) is 6.94. The Morgan fingerprint density at radius 2 is 2.12 bits per heavy atom. The molecule has 0 aliphatic carbocycles. The van der Waals surface area contributed by atoms with E-state index in [0.717, 1.165) is 11.6 Å². The van der Waals surface area contributed by atoms with Gasteiger partial charge in [0.1, 0.15) is 0 Å². The molecule has 1 atom stereocenters. The van der Waals surface area contributed by atoms with Gasteiger partial charge in [0.2, 0.25) is 0 Å². The van der Waals surface area contributed by atoms with Crippen molar-refractivity contribution in [2.75, 3.05) is 0 Å². The van der Waals surface area contributed by atoms with Crippen molar-refractivity contribution in [1.29, 1.82) is 0 Å². The van der Waals surface area contributed by atoms with E-state index in [9.17, 15) is 0 Å². The summed E-state index contributed by atoms with van der Waals surface area (Å²) in [7, 11) is 0. The van der Waals surface area contributed by atoms with Crippen molar-refractivity contribution >= 4 is 22.9 Å². The van der Waals surface area contributed by atoms with Gasteiger partial charge in [0, 0.05) is 22.8 Å². The third-order valence-electron chi connectivity index (χ3n) is 2.86. The lowest BCUT2D eigenvalue weighted by Gasteiger charge is -2.15. The summed E-state index contributed by atoms with van der Waals surface area (Å²) in [6.45, 7) is 5.21. The summed E-state index contributed by atoms with van der Waals surface area (Å²) in [5.41, 5.74) is 2.69. The van der Waals surface area contributed by atoms with Crippen LogP contribution in [-0.2, 0) is 6.54 Å². The minimum absolute atomic E-state index is 0.358. The van der Waals surface area contributed by atoms with Gasteiger partial charge in [0.25, 0.3) is 0 Å². The van der Waals surface area contributed by atoms with Gasteiger partial charge in [-0.2, -0.15) is 0 Å². The Bertz CT molecular complexity index is 492. The van der Waals surface area contributed by atoms with Crippen LogP contribution >= 0.6 is 22.9 Å². The third-order valence-corrected chi connectivity index (χ3v) is 4.14. The highest BCUT2D eigenvalue weighted by molar-refractivity contribution is 7.10. The van der Waals surface area contributed by atoms with Crippen molar-refractivity contribution < 1.29 is 0 Å². The highest BCUT2D eigenvalue weighted by Crippen LogP contribution is 2.21. The quantitative estimate of drug-likeness (QED) is 0.855. The monoisotopic (exact) mass is 265 g/mol. The first-order chi connectivity index (χ1) is 8.16. The maximum absolute atomic E-state index is 5.90. The smallest absolute Gasteiger partial charge is 0.0516 e. The number of benzene rings is 1. The molecule has 0 spiro atoms. The lowest BCUT2D eigenvalue weighted by molar-refractivity contribution is 0.576. The number of hydrogen-bond donors (Lipinski definition) is 1. The average Bonchev–Trinajstić information content (AvgIpc) is 2.73. The van der Waals surface area contributed by atoms with Gasteiger partial charge in [-0.3, -0.25) is 0 Å². The second-order valence-electron chi connectivity index (χ2n) is 4.19. The summed E-state index contributed by atoms with van der Waals surface area (Å²) >= 11 is 7.60. The maximum Gasteiger partial charge on any atom is 0.0516 e. The molecule has 1 N–H and O–H groups in total. The highest BCUT2D eigenvalue weighted by Gasteiger charge is 2.07. The predicted molar refractivity (Wildman–Crippen MR) is 75.8 cm³/mol. The Morgan fingerprint density at radius 1 is 1.35 bits per heavy atom. The van der Waals surface area contributed by atoms with Crippen molar-refractivity contribution in [1.82, 2.24) is 5.32 Å². The van der Waals surface area contributed by atoms with Crippen molar-refractivity contribution in [2.24, 2.45) is 0 Å². The topological polar surface area (TPSA) is 12.0 Å². The molecule has 0 bridgehead atoms. The maximum atomic E-state index is 5.90. The molecule has 0 saturated heterocycles. The van der Waals surface area contributed by atoms with Crippen LogP contribution in [0.3, 0.4) is 0 Å². The van der Waals surface area contributed by atoms with E-state index in [1.807, 2.05) is 11.4 Å². The molecule has 0 saturated carbocycles. The van der Waals surface area contributed by atoms with Crippen LogP contribution in [0.5, 0.6) is 0 Å². The molecule has 3 heteroatoms. The lowest BCUT2D eigenvalue weighted by Crippen LogP contribution is -2.18. The van der Waals surface area contributed by atoms with Crippen LogP contribution in [0.4, 0.5) is 0 Å². The SMILES string of the molecule is Cc1ccccc1[C@H](C)NCc1cc(Cl)cs1. The number of rotatable bonds is 4. The van der Waals surface area contributed by atoms with Crippen molar-refractivity contribution in [3.8, 4) is 0 Å². The van der Waals surface area contributed by atoms with Gasteiger partial charge in [-0.05, 0) is 31.0 Å². The van der Waals surface area contributed by atoms with Crippen LogP contribution in [0, 0.1) is 6.92 Å². The Hall–Kier alpha value is -0.830. The molecule has 0 amide bonds. The van der Waals surface area contributed by atoms with Gasteiger partial charge in [-0.15, -0.1) is 11.3 Å². The van der Waals surface area contributed by atoms with E-state index in [2.05, 4.69) is 43.4 Å². The molecular weight excluding hydrogens is 250 g/mol. The predicted octanol–water partition coefficient (Wildman–Crippen LogP) is 4.56. The Kier molecular flexibility index (Phi) is 4.21. The minimum atomic E-state index is 0.358. The number of aryl methyl sites for hydroxylation is 1. The van der Waals surface area contributed by atoms with Gasteiger partial charge in [-0.1, -0.05) is 35.9 Å². The molecule has 17 heavy (non-hydrogen) atoms. The fourth-order valence-corrected chi connectivity index (χ4v) is 2.91. The van der Waals surface area contributed by atoms with Crippen LogP contribution in [-0.4, -0.2) is 0 Å². The highest BCUT2D eigenvalue weighted by atomic mass is 35.5.